The van der Waals surface area contributed by atoms with Crippen molar-refractivity contribution < 1.29 is 29.4 Å². The maximum Gasteiger partial charge on any atom is 0.352 e. The number of carboxylic acid groups (broad SMARTS) is 1. The number of aliphatic hydroxyl groups excluding tert-OH is 1. The number of nitrogen functional groups attached to an aromatic ring is 1. The van der Waals surface area contributed by atoms with Gasteiger partial charge >= 0.3 is 5.97 Å². The number of nitrogens with two attached hydrogens (primary N) is 1. The van der Waals surface area contributed by atoms with Gasteiger partial charge in [-0.25, -0.2) is 9.48 Å². The molecule has 0 radical (unpaired) electrons. The van der Waals surface area contributed by atoms with Gasteiger partial charge in [-0.2, -0.15) is 9.36 Å². The van der Waals surface area contributed by atoms with Crippen molar-refractivity contribution in [3.8, 4) is 0 Å². The smallest absolute Gasteiger partial charge is 0.352 e. The Labute approximate surface area is 209 Å². The number of carbonyl (C=O) groups is 3. The van der Waals surface area contributed by atoms with E-state index in [-0.39, 0.29) is 41.3 Å². The minimum Gasteiger partial charge on any atom is -0.477 e. The molecule has 0 bridgehead atoms. The molecule has 2 atom stereocenters. The van der Waals surface area contributed by atoms with Gasteiger partial charge < -0.3 is 26.1 Å². The summed E-state index contributed by atoms with van der Waals surface area (Å²) in [6.07, 6.45) is 0. The third kappa shape index (κ3) is 4.92. The second-order valence-corrected chi connectivity index (χ2v) is 9.72. The molecule has 0 saturated carbocycles. The monoisotopic (exact) mass is 542 g/mol. The Morgan fingerprint density at radius 3 is 2.89 bits per heavy atom. The molecule has 16 nitrogen and oxygen atoms in total. The lowest BCUT2D eigenvalue weighted by Crippen LogP contribution is -2.71. The van der Waals surface area contributed by atoms with E-state index in [0.717, 1.165) is 16.4 Å². The third-order valence-electron chi connectivity index (χ3n) is 4.77. The van der Waals surface area contributed by atoms with E-state index >= 15 is 0 Å². The van der Waals surface area contributed by atoms with E-state index in [1.54, 1.807) is 0 Å². The Hall–Kier alpha value is -3.29. The van der Waals surface area contributed by atoms with Gasteiger partial charge in [0.25, 0.3) is 11.8 Å². The predicted octanol–water partition coefficient (Wildman–Crippen LogP) is -2.02. The Balaban J connectivity index is 1.48. The summed E-state index contributed by atoms with van der Waals surface area (Å²) in [7, 11) is 1.24. The Bertz CT molecular complexity index is 1210. The number of thioether (sulfide) groups is 2. The van der Waals surface area contributed by atoms with Crippen LogP contribution in [0.5, 0.6) is 0 Å². The largest absolute Gasteiger partial charge is 0.477 e. The summed E-state index contributed by atoms with van der Waals surface area (Å²) in [6, 6.07) is -0.981. The van der Waals surface area contributed by atoms with Crippen LogP contribution in [0, 0.1) is 0 Å². The molecule has 2 aromatic rings. The third-order valence-corrected chi connectivity index (χ3v) is 7.70. The molecule has 0 aliphatic carbocycles. The summed E-state index contributed by atoms with van der Waals surface area (Å²) in [6.45, 7) is 0.0394. The van der Waals surface area contributed by atoms with Crippen LogP contribution in [0.4, 0.5) is 5.13 Å². The number of β-lactam (4-membered cyclic amide) rings is 1. The fourth-order valence-corrected chi connectivity index (χ4v) is 6.12. The van der Waals surface area contributed by atoms with Crippen LogP contribution < -0.4 is 11.1 Å². The van der Waals surface area contributed by atoms with E-state index < -0.39 is 29.2 Å². The number of nitrogens with one attached hydrogen (secondary N) is 1. The average Bonchev–Trinajstić information content (AvgIpc) is 3.47. The molecule has 1 unspecified atom stereocenters. The highest BCUT2D eigenvalue weighted by molar-refractivity contribution is 8.01. The van der Waals surface area contributed by atoms with Crippen molar-refractivity contribution in [3.05, 3.63) is 17.1 Å². The normalized spacial score (nSPS) is 19.9. The Morgan fingerprint density at radius 1 is 1.43 bits per heavy atom. The molecule has 4 heterocycles. The van der Waals surface area contributed by atoms with E-state index in [1.165, 1.54) is 35.3 Å². The van der Waals surface area contributed by atoms with Gasteiger partial charge in [0.2, 0.25) is 16.7 Å². The van der Waals surface area contributed by atoms with Gasteiger partial charge in [-0.1, -0.05) is 16.9 Å². The maximum atomic E-state index is 12.9. The van der Waals surface area contributed by atoms with Crippen LogP contribution in [0.2, 0.25) is 0 Å². The van der Waals surface area contributed by atoms with E-state index in [0.29, 0.717) is 16.5 Å². The molecule has 2 amide bonds. The molecule has 19 heteroatoms. The van der Waals surface area contributed by atoms with Crippen LogP contribution >= 0.6 is 35.1 Å². The first-order valence-electron chi connectivity index (χ1n) is 9.77. The minimum atomic E-state index is -1.26. The van der Waals surface area contributed by atoms with Crippen molar-refractivity contribution in [1.29, 1.82) is 0 Å². The summed E-state index contributed by atoms with van der Waals surface area (Å²) in [5.41, 5.74) is 5.66. The van der Waals surface area contributed by atoms with Crippen LogP contribution in [-0.2, 0) is 25.8 Å². The van der Waals surface area contributed by atoms with E-state index in [2.05, 4.69) is 35.4 Å². The highest BCUT2D eigenvalue weighted by Crippen LogP contribution is 2.41. The molecule has 1 fully saturated rings. The first-order chi connectivity index (χ1) is 16.8. The van der Waals surface area contributed by atoms with Crippen LogP contribution in [-0.4, -0.2) is 105 Å². The highest BCUT2D eigenvalue weighted by atomic mass is 32.2. The van der Waals surface area contributed by atoms with Gasteiger partial charge in [0, 0.05) is 23.0 Å². The van der Waals surface area contributed by atoms with Gasteiger partial charge in [-0.15, -0.1) is 16.9 Å². The van der Waals surface area contributed by atoms with E-state index in [9.17, 15) is 19.5 Å². The van der Waals surface area contributed by atoms with Gasteiger partial charge in [0.15, 0.2) is 5.13 Å². The lowest BCUT2D eigenvalue weighted by molar-refractivity contribution is -0.150. The molecular formula is C16H18N10O6S3. The van der Waals surface area contributed by atoms with Crippen molar-refractivity contribution >= 4 is 63.7 Å². The number of rotatable bonds is 10. The Kier molecular flexibility index (Phi) is 7.48. The summed E-state index contributed by atoms with van der Waals surface area (Å²) in [5, 5.41) is 36.2. The molecule has 0 aromatic carbocycles. The highest BCUT2D eigenvalue weighted by Gasteiger charge is 2.54. The molecule has 2 aromatic heterocycles. The Morgan fingerprint density at radius 2 is 2.23 bits per heavy atom. The molecule has 2 aliphatic rings. The van der Waals surface area contributed by atoms with Crippen LogP contribution in [0.1, 0.15) is 5.82 Å². The number of anilines is 1. The molecule has 186 valence electrons. The van der Waals surface area contributed by atoms with E-state index in [1.807, 2.05) is 0 Å². The quantitative estimate of drug-likeness (QED) is 0.110. The number of fused-ring (bicyclic) bond motifs is 1. The van der Waals surface area contributed by atoms with Crippen LogP contribution in [0.3, 0.4) is 0 Å². The molecule has 4 rings (SSSR count). The number of aliphatic hydroxyl groups is 1. The van der Waals surface area contributed by atoms with Crippen LogP contribution in [0.25, 0.3) is 0 Å². The van der Waals surface area contributed by atoms with Gasteiger partial charge in [0.05, 0.1) is 13.2 Å². The summed E-state index contributed by atoms with van der Waals surface area (Å²) in [5.74, 6) is -2.14. The zero-order valence-electron chi connectivity index (χ0n) is 17.9. The van der Waals surface area contributed by atoms with Crippen molar-refractivity contribution in [1.82, 2.24) is 39.8 Å². The number of nitrogens with zero attached hydrogens (tertiary/aromatic N) is 8. The molecule has 2 aliphatic heterocycles. The summed E-state index contributed by atoms with van der Waals surface area (Å²) in [4.78, 5) is 47.5. The number of hydrogen-bond donors (Lipinski definition) is 4. The second kappa shape index (κ2) is 10.5. The number of aliphatic carboxylic acids is 1. The first-order valence-corrected chi connectivity index (χ1v) is 12.6. The number of carboxylic acids is 1. The van der Waals surface area contributed by atoms with Crippen molar-refractivity contribution in [2.75, 3.05) is 31.0 Å². The fraction of sp³-hybridized carbons (Fsp3) is 0.438. The molecule has 5 N–H and O–H groups in total. The van der Waals surface area contributed by atoms with Gasteiger partial charge in [-0.05, 0) is 16.0 Å². The topological polar surface area (TPSA) is 224 Å². The summed E-state index contributed by atoms with van der Waals surface area (Å²) < 4.78 is 5.33. The average molecular weight is 543 g/mol. The van der Waals surface area contributed by atoms with E-state index in [4.69, 9.17) is 15.7 Å². The number of aromatic nitrogens is 6. The number of hydrogen-bond acceptors (Lipinski definition) is 15. The molecule has 0 spiro atoms. The van der Waals surface area contributed by atoms with Crippen molar-refractivity contribution in [3.63, 3.8) is 0 Å². The lowest BCUT2D eigenvalue weighted by atomic mass is 10.0. The first kappa shape index (κ1) is 24.8. The number of tetrazole rings is 1. The number of amides is 2. The lowest BCUT2D eigenvalue weighted by Gasteiger charge is -2.49. The van der Waals surface area contributed by atoms with Crippen molar-refractivity contribution in [2.45, 2.75) is 23.1 Å². The van der Waals surface area contributed by atoms with Crippen molar-refractivity contribution in [2.24, 2.45) is 5.16 Å². The molecule has 35 heavy (non-hydrogen) atoms. The van der Waals surface area contributed by atoms with Crippen LogP contribution in [0.15, 0.2) is 21.6 Å². The molecular weight excluding hydrogens is 524 g/mol. The fourth-order valence-electron chi connectivity index (χ4n) is 3.30. The predicted molar refractivity (Wildman–Crippen MR) is 123 cm³/mol. The second-order valence-electron chi connectivity index (χ2n) is 6.89. The zero-order chi connectivity index (χ0) is 25.1. The zero-order valence-corrected chi connectivity index (χ0v) is 20.3. The molecule has 1 saturated heterocycles. The number of oxime groups is 1. The summed E-state index contributed by atoms with van der Waals surface area (Å²) >= 11 is 3.37. The van der Waals surface area contributed by atoms with Gasteiger partial charge in [0.1, 0.15) is 24.2 Å². The standard InChI is InChI=1S/C16H18N10O6S3/c1-32-21-7(10-19-15(17)35-22-10)11(28)18-8-12(29)26-9(14(30)31)6(4-33-13(8)26)5-34-16-20-23-24-25(16)2-3-27/h8,13,27H,2-5H2,1H3,(H,18,28)(H,30,31)(H2,17,19,22)/b21-7+/t8?,13-/m1/s1. The van der Waals surface area contributed by atoms with Gasteiger partial charge in [-0.3, -0.25) is 14.5 Å². The number of carbonyl (C=O) groups excluding carboxylic acids is 2. The maximum absolute atomic E-state index is 12.9. The SMILES string of the molecule is CO/N=C(/C(=O)NC1C(=O)N2C(C(=O)O)=C(CSc3nnnn3CCO)CS[C@H]12)c1nsc(N)n1. The minimum absolute atomic E-state index is 0.0549.